The average Bonchev–Trinajstić information content (AvgIpc) is 2.37. The van der Waals surface area contributed by atoms with Crippen LogP contribution in [0.25, 0.3) is 0 Å². The lowest BCUT2D eigenvalue weighted by atomic mass is 9.98. The quantitative estimate of drug-likeness (QED) is 0.914. The number of halogens is 2. The molecule has 1 saturated heterocycles. The van der Waals surface area contributed by atoms with E-state index in [1.165, 1.54) is 11.0 Å². The third kappa shape index (κ3) is 3.00. The zero-order valence-corrected chi connectivity index (χ0v) is 12.9. The molecule has 20 heavy (non-hydrogen) atoms. The fourth-order valence-corrected chi connectivity index (χ4v) is 2.77. The first-order valence-electron chi connectivity index (χ1n) is 6.41. The van der Waals surface area contributed by atoms with Crippen molar-refractivity contribution in [3.8, 4) is 0 Å². The Hall–Kier alpha value is -1.43. The SMILES string of the molecule is CC(C)C1C(=O)NCC(=O)N1Cc1cc(Br)ccc1F. The van der Waals surface area contributed by atoms with Crippen molar-refractivity contribution < 1.29 is 14.0 Å². The Bertz CT molecular complexity index is 548. The lowest BCUT2D eigenvalue weighted by Crippen LogP contribution is -2.59. The summed E-state index contributed by atoms with van der Waals surface area (Å²) in [6.07, 6.45) is 0. The number of piperazine rings is 1. The molecule has 1 aliphatic heterocycles. The number of amides is 2. The Balaban J connectivity index is 2.30. The first-order valence-corrected chi connectivity index (χ1v) is 7.20. The van der Waals surface area contributed by atoms with Gasteiger partial charge in [0.1, 0.15) is 11.9 Å². The highest BCUT2D eigenvalue weighted by Gasteiger charge is 2.36. The molecule has 0 radical (unpaired) electrons. The maximum Gasteiger partial charge on any atom is 0.243 e. The van der Waals surface area contributed by atoms with E-state index in [4.69, 9.17) is 0 Å². The largest absolute Gasteiger partial charge is 0.345 e. The molecule has 1 fully saturated rings. The van der Waals surface area contributed by atoms with Crippen LogP contribution < -0.4 is 5.32 Å². The Kier molecular flexibility index (Phi) is 4.42. The smallest absolute Gasteiger partial charge is 0.243 e. The molecule has 2 rings (SSSR count). The van der Waals surface area contributed by atoms with E-state index in [0.717, 1.165) is 4.47 Å². The highest BCUT2D eigenvalue weighted by atomic mass is 79.9. The van der Waals surface area contributed by atoms with Gasteiger partial charge in [0, 0.05) is 16.6 Å². The Morgan fingerprint density at radius 1 is 1.45 bits per heavy atom. The van der Waals surface area contributed by atoms with E-state index in [0.29, 0.717) is 5.56 Å². The van der Waals surface area contributed by atoms with Crippen molar-refractivity contribution in [2.45, 2.75) is 26.4 Å². The number of hydrogen-bond donors (Lipinski definition) is 1. The van der Waals surface area contributed by atoms with Crippen LogP contribution in [-0.2, 0) is 16.1 Å². The van der Waals surface area contributed by atoms with E-state index < -0.39 is 6.04 Å². The summed E-state index contributed by atoms with van der Waals surface area (Å²) < 4.78 is 14.6. The molecule has 0 aromatic heterocycles. The van der Waals surface area contributed by atoms with E-state index in [1.807, 2.05) is 13.8 Å². The van der Waals surface area contributed by atoms with Crippen molar-refractivity contribution >= 4 is 27.7 Å². The summed E-state index contributed by atoms with van der Waals surface area (Å²) in [5.41, 5.74) is 0.396. The van der Waals surface area contributed by atoms with Gasteiger partial charge in [0.15, 0.2) is 0 Å². The lowest BCUT2D eigenvalue weighted by molar-refractivity contribution is -0.148. The van der Waals surface area contributed by atoms with Gasteiger partial charge in [-0.1, -0.05) is 29.8 Å². The number of carbonyl (C=O) groups excluding carboxylic acids is 2. The van der Waals surface area contributed by atoms with E-state index in [1.54, 1.807) is 12.1 Å². The van der Waals surface area contributed by atoms with E-state index in [2.05, 4.69) is 21.2 Å². The Morgan fingerprint density at radius 3 is 2.80 bits per heavy atom. The summed E-state index contributed by atoms with van der Waals surface area (Å²) in [5, 5.41) is 2.57. The molecule has 108 valence electrons. The van der Waals surface area contributed by atoms with Gasteiger partial charge >= 0.3 is 0 Å². The highest BCUT2D eigenvalue weighted by Crippen LogP contribution is 2.22. The molecule has 1 atom stereocenters. The van der Waals surface area contributed by atoms with Gasteiger partial charge < -0.3 is 10.2 Å². The maximum absolute atomic E-state index is 13.8. The Labute approximate surface area is 125 Å². The molecule has 6 heteroatoms. The van der Waals surface area contributed by atoms with Crippen molar-refractivity contribution in [3.05, 3.63) is 34.1 Å². The predicted octanol–water partition coefficient (Wildman–Crippen LogP) is 2.07. The van der Waals surface area contributed by atoms with Crippen LogP contribution in [0.3, 0.4) is 0 Å². The third-order valence-corrected chi connectivity index (χ3v) is 3.81. The molecule has 2 amide bonds. The summed E-state index contributed by atoms with van der Waals surface area (Å²) in [4.78, 5) is 25.4. The summed E-state index contributed by atoms with van der Waals surface area (Å²) in [7, 11) is 0. The second kappa shape index (κ2) is 5.91. The highest BCUT2D eigenvalue weighted by molar-refractivity contribution is 9.10. The molecule has 0 saturated carbocycles. The molecule has 1 aliphatic rings. The zero-order valence-electron chi connectivity index (χ0n) is 11.3. The monoisotopic (exact) mass is 342 g/mol. The molecule has 0 bridgehead atoms. The van der Waals surface area contributed by atoms with Gasteiger partial charge in [-0.25, -0.2) is 4.39 Å². The van der Waals surface area contributed by atoms with Crippen molar-refractivity contribution in [3.63, 3.8) is 0 Å². The number of nitrogens with one attached hydrogen (secondary N) is 1. The van der Waals surface area contributed by atoms with Gasteiger partial charge in [-0.2, -0.15) is 0 Å². The maximum atomic E-state index is 13.8. The predicted molar refractivity (Wildman–Crippen MR) is 76.3 cm³/mol. The van der Waals surface area contributed by atoms with Crippen LogP contribution in [0.1, 0.15) is 19.4 Å². The summed E-state index contributed by atoms with van der Waals surface area (Å²) in [5.74, 6) is -0.790. The van der Waals surface area contributed by atoms with Crippen LogP contribution in [0.5, 0.6) is 0 Å². The van der Waals surface area contributed by atoms with E-state index in [-0.39, 0.29) is 36.6 Å². The van der Waals surface area contributed by atoms with E-state index >= 15 is 0 Å². The van der Waals surface area contributed by atoms with Crippen molar-refractivity contribution in [1.82, 2.24) is 10.2 Å². The summed E-state index contributed by atoms with van der Waals surface area (Å²) in [6.45, 7) is 3.80. The van der Waals surface area contributed by atoms with Gasteiger partial charge in [-0.3, -0.25) is 9.59 Å². The molecule has 1 unspecified atom stereocenters. The van der Waals surface area contributed by atoms with Gasteiger partial charge in [0.05, 0.1) is 6.54 Å². The molecule has 1 aromatic rings. The average molecular weight is 343 g/mol. The minimum absolute atomic E-state index is 0.0301. The van der Waals surface area contributed by atoms with Crippen LogP contribution in [0.15, 0.2) is 22.7 Å². The molecule has 1 N–H and O–H groups in total. The van der Waals surface area contributed by atoms with Crippen molar-refractivity contribution in [2.75, 3.05) is 6.54 Å². The van der Waals surface area contributed by atoms with E-state index in [9.17, 15) is 14.0 Å². The molecule has 4 nitrogen and oxygen atoms in total. The van der Waals surface area contributed by atoms with Gasteiger partial charge in [0.25, 0.3) is 0 Å². The fourth-order valence-electron chi connectivity index (χ4n) is 2.36. The molecule has 0 spiro atoms. The number of carbonyl (C=O) groups is 2. The van der Waals surface area contributed by atoms with Crippen molar-refractivity contribution in [2.24, 2.45) is 5.92 Å². The second-order valence-corrected chi connectivity index (χ2v) is 6.08. The second-order valence-electron chi connectivity index (χ2n) is 5.16. The fraction of sp³-hybridized carbons (Fsp3) is 0.429. The van der Waals surface area contributed by atoms with Crippen LogP contribution in [0.2, 0.25) is 0 Å². The molecule has 0 aliphatic carbocycles. The standard InChI is InChI=1S/C14H16BrFN2O2/c1-8(2)13-14(20)17-6-12(19)18(13)7-9-5-10(15)3-4-11(9)16/h3-5,8,13H,6-7H2,1-2H3,(H,17,20). The van der Waals surface area contributed by atoms with Gasteiger partial charge in [0.2, 0.25) is 11.8 Å². The number of benzene rings is 1. The van der Waals surface area contributed by atoms with Gasteiger partial charge in [-0.05, 0) is 24.1 Å². The van der Waals surface area contributed by atoms with Crippen LogP contribution in [0, 0.1) is 11.7 Å². The summed E-state index contributed by atoms with van der Waals surface area (Å²) >= 11 is 3.28. The van der Waals surface area contributed by atoms with Crippen LogP contribution >= 0.6 is 15.9 Å². The first kappa shape index (κ1) is 15.0. The zero-order chi connectivity index (χ0) is 14.9. The minimum Gasteiger partial charge on any atom is -0.345 e. The van der Waals surface area contributed by atoms with Crippen LogP contribution in [0.4, 0.5) is 4.39 Å². The number of rotatable bonds is 3. The lowest BCUT2D eigenvalue weighted by Gasteiger charge is -2.37. The number of nitrogens with zero attached hydrogens (tertiary/aromatic N) is 1. The molecule has 1 aromatic carbocycles. The molecule has 1 heterocycles. The first-order chi connectivity index (χ1) is 9.40. The molecular weight excluding hydrogens is 327 g/mol. The number of hydrogen-bond acceptors (Lipinski definition) is 2. The normalized spacial score (nSPS) is 19.4. The van der Waals surface area contributed by atoms with Crippen LogP contribution in [-0.4, -0.2) is 29.3 Å². The summed E-state index contributed by atoms with van der Waals surface area (Å²) in [6, 6.07) is 4.02. The minimum atomic E-state index is -0.561. The van der Waals surface area contributed by atoms with Crippen molar-refractivity contribution in [1.29, 1.82) is 0 Å². The Morgan fingerprint density at radius 2 is 2.15 bits per heavy atom. The topological polar surface area (TPSA) is 49.4 Å². The molecular formula is C14H16BrFN2O2. The van der Waals surface area contributed by atoms with Gasteiger partial charge in [-0.15, -0.1) is 0 Å². The third-order valence-electron chi connectivity index (χ3n) is 3.32.